The molecule has 0 radical (unpaired) electrons. The summed E-state index contributed by atoms with van der Waals surface area (Å²) in [7, 11) is 1.53. The van der Waals surface area contributed by atoms with E-state index in [1.54, 1.807) is 30.0 Å². The minimum Gasteiger partial charge on any atom is -0.495 e. The molecule has 0 aliphatic carbocycles. The van der Waals surface area contributed by atoms with Crippen LogP contribution in [0.3, 0.4) is 0 Å². The molecule has 0 heterocycles. The molecule has 0 aliphatic heterocycles. The summed E-state index contributed by atoms with van der Waals surface area (Å²) in [6.07, 6.45) is 0.348. The highest BCUT2D eigenvalue weighted by Crippen LogP contribution is 2.28. The third-order valence-corrected chi connectivity index (χ3v) is 4.47. The number of carbonyl (C=O) groups is 2. The lowest BCUT2D eigenvalue weighted by Gasteiger charge is -2.12. The van der Waals surface area contributed by atoms with Crippen LogP contribution in [-0.4, -0.2) is 24.7 Å². The number of carbonyl (C=O) groups excluding carboxylic acids is 2. The summed E-state index contributed by atoms with van der Waals surface area (Å²) in [6, 6.07) is 12.6. The molecule has 2 rings (SSSR count). The summed E-state index contributed by atoms with van der Waals surface area (Å²) in [4.78, 5) is 24.4. The monoisotopic (exact) mass is 378 g/mol. The van der Waals surface area contributed by atoms with Gasteiger partial charge in [0.1, 0.15) is 5.75 Å². The van der Waals surface area contributed by atoms with E-state index in [9.17, 15) is 9.59 Å². The van der Waals surface area contributed by atoms with Crippen molar-refractivity contribution in [1.82, 2.24) is 0 Å². The molecule has 0 saturated heterocycles. The van der Waals surface area contributed by atoms with Crippen LogP contribution in [0.4, 0.5) is 11.4 Å². The number of benzene rings is 2. The maximum absolute atomic E-state index is 12.2. The smallest absolute Gasteiger partial charge is 0.225 e. The van der Waals surface area contributed by atoms with Crippen LogP contribution >= 0.6 is 23.4 Å². The van der Waals surface area contributed by atoms with Gasteiger partial charge in [-0.15, -0.1) is 11.8 Å². The first-order valence-corrected chi connectivity index (χ1v) is 8.98. The molecule has 0 aliphatic rings. The Morgan fingerprint density at radius 2 is 1.84 bits per heavy atom. The van der Waals surface area contributed by atoms with Crippen molar-refractivity contribution in [1.29, 1.82) is 0 Å². The van der Waals surface area contributed by atoms with Gasteiger partial charge in [0.15, 0.2) is 0 Å². The van der Waals surface area contributed by atoms with Gasteiger partial charge in [0.25, 0.3) is 0 Å². The molecule has 5 nitrogen and oxygen atoms in total. The zero-order chi connectivity index (χ0) is 18.2. The van der Waals surface area contributed by atoms with Crippen LogP contribution in [-0.2, 0) is 9.59 Å². The van der Waals surface area contributed by atoms with Gasteiger partial charge < -0.3 is 15.4 Å². The zero-order valence-electron chi connectivity index (χ0n) is 14.0. The number of methoxy groups -OCH3 is 1. The number of hydrogen-bond acceptors (Lipinski definition) is 4. The molecule has 0 aromatic heterocycles. The number of halogens is 1. The first-order valence-electron chi connectivity index (χ1n) is 7.62. The molecule has 0 bridgehead atoms. The molecular weight excluding hydrogens is 360 g/mol. The van der Waals surface area contributed by atoms with Crippen LogP contribution in [0.5, 0.6) is 5.75 Å². The Kier molecular flexibility index (Phi) is 7.16. The number of hydrogen-bond donors (Lipinski definition) is 2. The molecule has 132 valence electrons. The summed E-state index contributed by atoms with van der Waals surface area (Å²) < 4.78 is 5.25. The van der Waals surface area contributed by atoms with E-state index in [2.05, 4.69) is 10.6 Å². The second-order valence-electron chi connectivity index (χ2n) is 5.20. The number of amides is 2. The fourth-order valence-electron chi connectivity index (χ4n) is 2.09. The highest BCUT2D eigenvalue weighted by atomic mass is 35.5. The third-order valence-electron chi connectivity index (χ3n) is 3.21. The molecule has 25 heavy (non-hydrogen) atoms. The van der Waals surface area contributed by atoms with Crippen LogP contribution in [0.2, 0.25) is 5.02 Å². The lowest BCUT2D eigenvalue weighted by Crippen LogP contribution is -2.13. The Hall–Kier alpha value is -2.18. The Morgan fingerprint density at radius 1 is 1.12 bits per heavy atom. The van der Waals surface area contributed by atoms with Gasteiger partial charge in [-0.05, 0) is 42.5 Å². The minimum absolute atomic E-state index is 0.125. The van der Waals surface area contributed by atoms with Crippen molar-refractivity contribution in [3.63, 3.8) is 0 Å². The lowest BCUT2D eigenvalue weighted by atomic mass is 10.2. The van der Waals surface area contributed by atoms with Gasteiger partial charge in [0, 0.05) is 34.7 Å². The Labute approximate surface area is 156 Å². The van der Waals surface area contributed by atoms with Gasteiger partial charge in [-0.25, -0.2) is 0 Å². The normalized spacial score (nSPS) is 10.2. The maximum Gasteiger partial charge on any atom is 0.225 e. The predicted octanol–water partition coefficient (Wildman–Crippen LogP) is 4.43. The fraction of sp³-hybridized carbons (Fsp3) is 0.222. The first kappa shape index (κ1) is 19.1. The molecule has 7 heteroatoms. The molecule has 0 spiro atoms. The fourth-order valence-corrected chi connectivity index (χ4v) is 3.07. The van der Waals surface area contributed by atoms with Crippen LogP contribution in [0.25, 0.3) is 0 Å². The summed E-state index contributed by atoms with van der Waals surface area (Å²) in [5, 5.41) is 6.19. The molecule has 2 aromatic rings. The molecule has 0 saturated carbocycles. The van der Waals surface area contributed by atoms with Gasteiger partial charge in [0.05, 0.1) is 12.8 Å². The molecule has 0 unspecified atom stereocenters. The SMILES string of the molecule is COc1ccc(NC(C)=O)cc1NC(=O)CCSc1ccc(Cl)cc1. The first-order chi connectivity index (χ1) is 12.0. The summed E-state index contributed by atoms with van der Waals surface area (Å²) in [5.41, 5.74) is 1.12. The van der Waals surface area contributed by atoms with Gasteiger partial charge in [-0.3, -0.25) is 9.59 Å². The van der Waals surface area contributed by atoms with Crippen LogP contribution < -0.4 is 15.4 Å². The van der Waals surface area contributed by atoms with Gasteiger partial charge in [0.2, 0.25) is 11.8 Å². The van der Waals surface area contributed by atoms with Crippen LogP contribution in [0.1, 0.15) is 13.3 Å². The molecule has 2 N–H and O–H groups in total. The van der Waals surface area contributed by atoms with E-state index in [0.29, 0.717) is 34.3 Å². The van der Waals surface area contributed by atoms with Crippen molar-refractivity contribution < 1.29 is 14.3 Å². The van der Waals surface area contributed by atoms with Gasteiger partial charge >= 0.3 is 0 Å². The Balaban J connectivity index is 1.92. The zero-order valence-corrected chi connectivity index (χ0v) is 15.5. The third kappa shape index (κ3) is 6.32. The highest BCUT2D eigenvalue weighted by molar-refractivity contribution is 7.99. The molecule has 2 aromatic carbocycles. The van der Waals surface area contributed by atoms with Crippen molar-refractivity contribution in [3.05, 3.63) is 47.5 Å². The van der Waals surface area contributed by atoms with Crippen molar-refractivity contribution in [2.24, 2.45) is 0 Å². The second kappa shape index (κ2) is 9.34. The van der Waals surface area contributed by atoms with E-state index >= 15 is 0 Å². The summed E-state index contributed by atoms with van der Waals surface area (Å²) in [6.45, 7) is 1.43. The standard InChI is InChI=1S/C18H19ClN2O3S/c1-12(22)20-14-5-8-17(24-2)16(11-14)21-18(23)9-10-25-15-6-3-13(19)4-7-15/h3-8,11H,9-10H2,1-2H3,(H,20,22)(H,21,23). The second-order valence-corrected chi connectivity index (χ2v) is 6.80. The van der Waals surface area contributed by atoms with E-state index < -0.39 is 0 Å². The van der Waals surface area contributed by atoms with Crippen molar-refractivity contribution in [2.45, 2.75) is 18.2 Å². The topological polar surface area (TPSA) is 67.4 Å². The Bertz CT molecular complexity index is 750. The van der Waals surface area contributed by atoms with E-state index in [1.165, 1.54) is 14.0 Å². The van der Waals surface area contributed by atoms with E-state index in [4.69, 9.17) is 16.3 Å². The lowest BCUT2D eigenvalue weighted by molar-refractivity contribution is -0.116. The molecule has 0 atom stereocenters. The molecule has 0 fully saturated rings. The number of anilines is 2. The number of rotatable bonds is 7. The maximum atomic E-state index is 12.2. The van der Waals surface area contributed by atoms with E-state index in [0.717, 1.165) is 4.90 Å². The minimum atomic E-state index is -0.179. The van der Waals surface area contributed by atoms with E-state index in [-0.39, 0.29) is 11.8 Å². The summed E-state index contributed by atoms with van der Waals surface area (Å²) >= 11 is 7.43. The van der Waals surface area contributed by atoms with Crippen molar-refractivity contribution in [2.75, 3.05) is 23.5 Å². The quantitative estimate of drug-likeness (QED) is 0.699. The average Bonchev–Trinajstić information content (AvgIpc) is 2.56. The number of thioether (sulfide) groups is 1. The van der Waals surface area contributed by atoms with Gasteiger partial charge in [-0.1, -0.05) is 11.6 Å². The van der Waals surface area contributed by atoms with Crippen LogP contribution in [0, 0.1) is 0 Å². The number of nitrogens with one attached hydrogen (secondary N) is 2. The highest BCUT2D eigenvalue weighted by Gasteiger charge is 2.09. The van der Waals surface area contributed by atoms with Crippen LogP contribution in [0.15, 0.2) is 47.4 Å². The average molecular weight is 379 g/mol. The Morgan fingerprint density at radius 3 is 2.48 bits per heavy atom. The van der Waals surface area contributed by atoms with Crippen molar-refractivity contribution in [3.8, 4) is 5.75 Å². The van der Waals surface area contributed by atoms with E-state index in [1.807, 2.05) is 24.3 Å². The van der Waals surface area contributed by atoms with Gasteiger partial charge in [-0.2, -0.15) is 0 Å². The molecule has 2 amide bonds. The number of ether oxygens (including phenoxy) is 1. The van der Waals surface area contributed by atoms with Crippen molar-refractivity contribution >= 4 is 46.6 Å². The summed E-state index contributed by atoms with van der Waals surface area (Å²) in [5.74, 6) is 0.871. The largest absolute Gasteiger partial charge is 0.495 e. The molecular formula is C18H19ClN2O3S. The predicted molar refractivity (Wildman–Crippen MR) is 103 cm³/mol.